The van der Waals surface area contributed by atoms with E-state index in [1.165, 1.54) is 6.07 Å². The molecule has 7 rings (SSSR count). The van der Waals surface area contributed by atoms with Crippen LogP contribution in [0, 0.1) is 11.8 Å². The van der Waals surface area contributed by atoms with Gasteiger partial charge in [-0.15, -0.1) is 0 Å². The van der Waals surface area contributed by atoms with Gasteiger partial charge in [0.25, 0.3) is 5.60 Å². The van der Waals surface area contributed by atoms with Crippen molar-refractivity contribution in [1.29, 1.82) is 0 Å². The number of aryl methyl sites for hydroxylation is 1. The van der Waals surface area contributed by atoms with Crippen molar-refractivity contribution in [3.8, 4) is 46.2 Å². The summed E-state index contributed by atoms with van der Waals surface area (Å²) >= 11 is 0. The number of fused-ring (bicyclic) bond motifs is 3. The summed E-state index contributed by atoms with van der Waals surface area (Å²) in [6.07, 6.45) is -17.0. The number of aromatic amines is 1. The molecule has 2 saturated heterocycles. The number of aliphatic hydroxyl groups excluding tert-OH is 6. The molecule has 3 aliphatic heterocycles. The number of carbonyl (C=O) groups excluding carboxylic acids is 1. The normalized spacial score (nSPS) is 31.4. The zero-order chi connectivity index (χ0) is 40.4. The molecule has 296 valence electrons. The van der Waals surface area contributed by atoms with Crippen molar-refractivity contribution in [1.82, 2.24) is 4.98 Å². The number of carbonyl (C=O) groups is 2. The summed E-state index contributed by atoms with van der Waals surface area (Å²) < 4.78 is 28.3. The molecule has 2 bridgehead atoms. The number of phenols is 3. The monoisotopic (exact) mass is 781 g/mol. The number of aromatic hydroxyl groups is 3. The van der Waals surface area contributed by atoms with Gasteiger partial charge in [0.1, 0.15) is 64.9 Å². The number of hydrogen-bond donors (Lipinski definition) is 11. The average molecular weight is 782 g/mol. The highest BCUT2D eigenvalue weighted by Gasteiger charge is 2.64. The van der Waals surface area contributed by atoms with Crippen molar-refractivity contribution in [2.24, 2.45) is 0 Å². The first-order valence-electron chi connectivity index (χ1n) is 17.1. The van der Waals surface area contributed by atoms with Gasteiger partial charge in [0.2, 0.25) is 18.2 Å². The van der Waals surface area contributed by atoms with E-state index in [0.717, 1.165) is 30.0 Å². The second-order valence-corrected chi connectivity index (χ2v) is 13.6. The van der Waals surface area contributed by atoms with Crippen molar-refractivity contribution < 1.29 is 84.0 Å². The molecule has 4 aromatic rings. The lowest BCUT2D eigenvalue weighted by molar-refractivity contribution is -0.329. The maximum atomic E-state index is 13.9. The van der Waals surface area contributed by atoms with Gasteiger partial charge < -0.3 is 79.4 Å². The first-order chi connectivity index (χ1) is 26.5. The number of nitrogens with one attached hydrogen (secondary N) is 1. The molecule has 5 heterocycles. The number of ether oxygens (including phenoxy) is 4. The van der Waals surface area contributed by atoms with E-state index in [9.17, 15) is 65.4 Å². The molecule has 0 aliphatic carbocycles. The minimum atomic E-state index is -2.95. The summed E-state index contributed by atoms with van der Waals surface area (Å²) in [7, 11) is 0. The quantitative estimate of drug-likeness (QED) is 0.0598. The van der Waals surface area contributed by atoms with Crippen molar-refractivity contribution in [3.63, 3.8) is 0 Å². The van der Waals surface area contributed by atoms with E-state index in [-0.39, 0.29) is 40.0 Å². The molecule has 56 heavy (non-hydrogen) atoms. The van der Waals surface area contributed by atoms with E-state index in [0.29, 0.717) is 12.0 Å². The standard InChI is InChI=1S/C37H35NO18/c1-2-16-8-14(13-38-16)9-17-22(12-23-24(25(17)42)20(41)11-21(52-23)15-4-5-18(39)19(40)10-15)53-32-28(45)27(44)31(48)37(56-32)7-3-6-36(34(49)50)30(47)26(43)29(46)33(55-36)54-35(37)51/h4-5,8,10-13,26-33,38-40,42-48H,2,7,9H2,1H3,(H,49,50)/t26-,27-,28-,29-,30+,31+,32+,33+,36+,37+/m1/s1. The van der Waals surface area contributed by atoms with Crippen LogP contribution in [0.15, 0.2) is 51.8 Å². The molecule has 2 aromatic carbocycles. The van der Waals surface area contributed by atoms with Gasteiger partial charge in [-0.05, 0) is 36.2 Å². The molecule has 3 aliphatic rings. The van der Waals surface area contributed by atoms with Gasteiger partial charge in [-0.1, -0.05) is 18.8 Å². The number of esters is 1. The summed E-state index contributed by atoms with van der Waals surface area (Å²) in [6, 6.07) is 7.59. The Kier molecular flexibility index (Phi) is 9.72. The molecule has 0 saturated carbocycles. The Labute approximate surface area is 314 Å². The van der Waals surface area contributed by atoms with Crippen LogP contribution >= 0.6 is 0 Å². The van der Waals surface area contributed by atoms with Crippen LogP contribution < -0.4 is 10.2 Å². The van der Waals surface area contributed by atoms with Crippen molar-refractivity contribution >= 4 is 22.9 Å². The molecule has 10 atom stereocenters. The number of aliphatic carboxylic acids is 1. The summed E-state index contributed by atoms with van der Waals surface area (Å²) in [6.45, 7) is 1.89. The zero-order valence-electron chi connectivity index (χ0n) is 29.0. The minimum Gasteiger partial charge on any atom is -0.507 e. The smallest absolute Gasteiger partial charge is 0.351 e. The van der Waals surface area contributed by atoms with Crippen LogP contribution in [0.2, 0.25) is 0 Å². The third-order valence-electron chi connectivity index (χ3n) is 10.1. The van der Waals surface area contributed by atoms with Crippen LogP contribution in [0.1, 0.15) is 30.2 Å². The largest absolute Gasteiger partial charge is 0.507 e. The first kappa shape index (κ1) is 38.6. The number of carboxylic acids is 1. The Balaban J connectivity index is 1.34. The number of aliphatic hydroxyl groups is 6. The fourth-order valence-corrected chi connectivity index (χ4v) is 6.85. The lowest BCUT2D eigenvalue weighted by Gasteiger charge is -2.47. The summed E-state index contributed by atoms with van der Waals surface area (Å²) in [5, 5.41) is 106. The van der Waals surface area contributed by atoms with Crippen molar-refractivity contribution in [2.75, 3.05) is 0 Å². The lowest BCUT2D eigenvalue weighted by Crippen LogP contribution is -2.70. The van der Waals surface area contributed by atoms with Crippen LogP contribution in [-0.4, -0.2) is 128 Å². The minimum absolute atomic E-state index is 0.0690. The maximum absolute atomic E-state index is 13.9. The molecular weight excluding hydrogens is 746 g/mol. The second kappa shape index (κ2) is 14.1. The second-order valence-electron chi connectivity index (χ2n) is 13.6. The molecule has 0 radical (unpaired) electrons. The first-order valence-corrected chi connectivity index (χ1v) is 17.1. The van der Waals surface area contributed by atoms with E-state index in [1.54, 1.807) is 12.3 Å². The SMILES string of the molecule is CCc1cc(Cc2c(O[C@H]3O[C@@]4(CC#C[C@]5(C(=O)O)O[C@H](OC4=O)[C@H](O)[C@@H](O)[C@@H]5O)[C@@H](O)[C@H](O)[C@H]3O)cc3oc(-c4ccc(O)c(O)c4)cc(=O)c3c2O)c[nH]1. The highest BCUT2D eigenvalue weighted by molar-refractivity contribution is 5.88. The van der Waals surface area contributed by atoms with Gasteiger partial charge in [0.15, 0.2) is 16.9 Å². The third-order valence-corrected chi connectivity index (χ3v) is 10.1. The highest BCUT2D eigenvalue weighted by Crippen LogP contribution is 2.43. The summed E-state index contributed by atoms with van der Waals surface area (Å²) in [4.78, 5) is 42.7. The molecular formula is C37H35NO18. The number of phenolic OH excluding ortho intramolecular Hbond substituents is 3. The molecule has 19 nitrogen and oxygen atoms in total. The van der Waals surface area contributed by atoms with Gasteiger partial charge in [-0.25, -0.2) is 9.59 Å². The third kappa shape index (κ3) is 6.18. The van der Waals surface area contributed by atoms with E-state index < -0.39 is 101 Å². The summed E-state index contributed by atoms with van der Waals surface area (Å²) in [5.41, 5.74) is -5.31. The van der Waals surface area contributed by atoms with Crippen LogP contribution in [0.25, 0.3) is 22.3 Å². The highest BCUT2D eigenvalue weighted by atomic mass is 16.8. The Morgan fingerprint density at radius 1 is 0.929 bits per heavy atom. The van der Waals surface area contributed by atoms with Gasteiger partial charge in [-0.3, -0.25) is 4.79 Å². The fraction of sp³-hybridized carbons (Fsp3) is 0.378. The van der Waals surface area contributed by atoms with E-state index >= 15 is 0 Å². The van der Waals surface area contributed by atoms with Gasteiger partial charge >= 0.3 is 11.9 Å². The van der Waals surface area contributed by atoms with Crippen molar-refractivity contribution in [3.05, 3.63) is 69.6 Å². The van der Waals surface area contributed by atoms with Gasteiger partial charge in [0.05, 0.1) is 6.42 Å². The van der Waals surface area contributed by atoms with Crippen LogP contribution in [-0.2, 0) is 36.6 Å². The Morgan fingerprint density at radius 3 is 2.34 bits per heavy atom. The number of H-pyrrole nitrogens is 1. The molecule has 2 fully saturated rings. The zero-order valence-corrected chi connectivity index (χ0v) is 29.0. The van der Waals surface area contributed by atoms with E-state index in [2.05, 4.69) is 16.8 Å². The molecule has 2 aromatic heterocycles. The molecule has 11 N–H and O–H groups in total. The molecule has 19 heteroatoms. The number of rotatable bonds is 7. The predicted octanol–water partition coefficient (Wildman–Crippen LogP) is -1.17. The summed E-state index contributed by atoms with van der Waals surface area (Å²) in [5.74, 6) is -1.24. The Hall–Kier alpha value is -5.69. The lowest BCUT2D eigenvalue weighted by atomic mass is 9.83. The maximum Gasteiger partial charge on any atom is 0.351 e. The fourth-order valence-electron chi connectivity index (χ4n) is 6.85. The van der Waals surface area contributed by atoms with Gasteiger partial charge in [0, 0.05) is 41.6 Å². The number of benzene rings is 2. The topological polar surface area (TPSA) is 319 Å². The van der Waals surface area contributed by atoms with Crippen LogP contribution in [0.3, 0.4) is 0 Å². The number of hydrogen-bond acceptors (Lipinski definition) is 17. The number of aromatic nitrogens is 1. The van der Waals surface area contributed by atoms with Gasteiger partial charge in [-0.2, -0.15) is 0 Å². The van der Waals surface area contributed by atoms with Crippen LogP contribution in [0.4, 0.5) is 0 Å². The molecule has 0 amide bonds. The Bertz CT molecular complexity index is 2340. The number of carboxylic acid groups (broad SMARTS) is 1. The van der Waals surface area contributed by atoms with E-state index in [1.807, 2.05) is 6.92 Å². The molecule has 0 unspecified atom stereocenters. The Morgan fingerprint density at radius 2 is 1.66 bits per heavy atom. The van der Waals surface area contributed by atoms with Crippen LogP contribution in [0.5, 0.6) is 23.0 Å². The predicted molar refractivity (Wildman–Crippen MR) is 184 cm³/mol. The average Bonchev–Trinajstić information content (AvgIpc) is 3.64. The molecule has 1 spiro atoms. The van der Waals surface area contributed by atoms with Crippen molar-refractivity contribution in [2.45, 2.75) is 86.6 Å². The van der Waals surface area contributed by atoms with E-state index in [4.69, 9.17) is 23.4 Å².